The Morgan fingerprint density at radius 2 is 2.00 bits per heavy atom. The van der Waals surface area contributed by atoms with Gasteiger partial charge in [-0.15, -0.1) is 0 Å². The normalized spacial score (nSPS) is 14.4. The number of non-ortho nitro benzene ring substituents is 1. The summed E-state index contributed by atoms with van der Waals surface area (Å²) in [5.41, 5.74) is 0.0186. The molecule has 2 heterocycles. The first-order chi connectivity index (χ1) is 11.5. The zero-order valence-corrected chi connectivity index (χ0v) is 12.9. The van der Waals surface area contributed by atoms with Crippen LogP contribution in [0.2, 0.25) is 0 Å². The van der Waals surface area contributed by atoms with Crippen LogP contribution < -0.4 is 5.32 Å². The highest BCUT2D eigenvalue weighted by atomic mass is 32.2. The third-order valence-electron chi connectivity index (χ3n) is 2.97. The van der Waals surface area contributed by atoms with Gasteiger partial charge in [-0.2, -0.15) is 5.10 Å². The molecule has 1 aromatic heterocycles. The molecule has 3 amide bonds. The lowest BCUT2D eigenvalue weighted by molar-refractivity contribution is -0.384. The van der Waals surface area contributed by atoms with Gasteiger partial charge in [0.1, 0.15) is 12.3 Å². The predicted molar refractivity (Wildman–Crippen MR) is 83.8 cm³/mol. The van der Waals surface area contributed by atoms with Crippen LogP contribution in [0.1, 0.15) is 5.76 Å². The molecule has 1 aliphatic rings. The minimum atomic E-state index is -0.580. The number of nitro groups is 1. The lowest BCUT2D eigenvalue weighted by atomic mass is 10.3. The third kappa shape index (κ3) is 3.60. The van der Waals surface area contributed by atoms with Crippen molar-refractivity contribution < 1.29 is 18.9 Å². The highest BCUT2D eigenvalue weighted by Gasteiger charge is 2.26. The molecule has 1 N–H and O–H groups in total. The molecule has 0 aliphatic carbocycles. The molecule has 10 heteroatoms. The zero-order valence-electron chi connectivity index (χ0n) is 12.0. The van der Waals surface area contributed by atoms with Gasteiger partial charge in [-0.3, -0.25) is 20.2 Å². The average Bonchev–Trinajstić information content (AvgIpc) is 3.11. The molecular weight excluding hydrogens is 336 g/mol. The third-order valence-corrected chi connectivity index (χ3v) is 3.90. The molecular formula is C14H10N4O5S. The maximum atomic E-state index is 11.3. The quantitative estimate of drug-likeness (QED) is 0.384. The van der Waals surface area contributed by atoms with E-state index in [-0.39, 0.29) is 12.2 Å². The van der Waals surface area contributed by atoms with E-state index in [1.807, 2.05) is 0 Å². The van der Waals surface area contributed by atoms with E-state index < -0.39 is 16.9 Å². The van der Waals surface area contributed by atoms with Gasteiger partial charge >= 0.3 is 6.03 Å². The molecule has 0 spiro atoms. The fourth-order valence-electron chi connectivity index (χ4n) is 1.86. The molecule has 9 nitrogen and oxygen atoms in total. The number of amides is 3. The Hall–Kier alpha value is -3.14. The van der Waals surface area contributed by atoms with Crippen molar-refractivity contribution in [3.05, 3.63) is 52.3 Å². The van der Waals surface area contributed by atoms with Crippen molar-refractivity contribution in [3.63, 3.8) is 0 Å². The number of carbonyl (C=O) groups is 2. The number of hydrazone groups is 1. The number of benzene rings is 1. The van der Waals surface area contributed by atoms with E-state index in [9.17, 15) is 19.7 Å². The van der Waals surface area contributed by atoms with Crippen molar-refractivity contribution in [2.75, 3.05) is 6.54 Å². The summed E-state index contributed by atoms with van der Waals surface area (Å²) < 4.78 is 5.52. The molecule has 122 valence electrons. The van der Waals surface area contributed by atoms with Crippen LogP contribution >= 0.6 is 11.8 Å². The summed E-state index contributed by atoms with van der Waals surface area (Å²) in [6, 6.07) is 8.87. The summed E-state index contributed by atoms with van der Waals surface area (Å²) >= 11 is 1.29. The first-order valence-corrected chi connectivity index (χ1v) is 7.50. The second-order valence-electron chi connectivity index (χ2n) is 4.67. The van der Waals surface area contributed by atoms with E-state index in [1.165, 1.54) is 30.1 Å². The van der Waals surface area contributed by atoms with E-state index >= 15 is 0 Å². The smallest absolute Gasteiger partial charge is 0.344 e. The summed E-state index contributed by atoms with van der Waals surface area (Å²) in [7, 11) is 0. The first kappa shape index (κ1) is 15.7. The Balaban J connectivity index is 1.64. The Morgan fingerprint density at radius 1 is 1.25 bits per heavy atom. The van der Waals surface area contributed by atoms with E-state index in [4.69, 9.17) is 4.42 Å². The van der Waals surface area contributed by atoms with Crippen LogP contribution in [-0.2, 0) is 4.79 Å². The molecule has 3 rings (SSSR count). The number of nitro benzene ring substituents is 1. The van der Waals surface area contributed by atoms with E-state index in [2.05, 4.69) is 10.4 Å². The molecule has 0 saturated carbocycles. The van der Waals surface area contributed by atoms with Crippen molar-refractivity contribution in [2.24, 2.45) is 5.10 Å². The topological polar surface area (TPSA) is 118 Å². The van der Waals surface area contributed by atoms with Gasteiger partial charge in [0, 0.05) is 17.0 Å². The molecule has 0 bridgehead atoms. The highest BCUT2D eigenvalue weighted by molar-refractivity contribution is 7.99. The van der Waals surface area contributed by atoms with Crippen molar-refractivity contribution in [3.8, 4) is 0 Å². The fraction of sp³-hybridized carbons (Fsp3) is 0.0714. The number of rotatable bonds is 5. The molecule has 24 heavy (non-hydrogen) atoms. The molecule has 1 fully saturated rings. The molecule has 0 radical (unpaired) electrons. The maximum absolute atomic E-state index is 11.3. The molecule has 2 aromatic rings. The van der Waals surface area contributed by atoms with Gasteiger partial charge in [-0.1, -0.05) is 11.8 Å². The van der Waals surface area contributed by atoms with Crippen LogP contribution in [0.4, 0.5) is 10.5 Å². The lowest BCUT2D eigenvalue weighted by Crippen LogP contribution is -2.24. The largest absolute Gasteiger partial charge is 0.448 e. The number of urea groups is 1. The van der Waals surface area contributed by atoms with Crippen molar-refractivity contribution in [1.29, 1.82) is 0 Å². The van der Waals surface area contributed by atoms with Crippen molar-refractivity contribution in [2.45, 2.75) is 9.99 Å². The van der Waals surface area contributed by atoms with Crippen LogP contribution in [0, 0.1) is 10.1 Å². The Labute approximate surface area is 139 Å². The molecule has 0 unspecified atom stereocenters. The Morgan fingerprint density at radius 3 is 2.62 bits per heavy atom. The van der Waals surface area contributed by atoms with Crippen LogP contribution in [0.3, 0.4) is 0 Å². The summed E-state index contributed by atoms with van der Waals surface area (Å²) in [6.07, 6.45) is 1.33. The second kappa shape index (κ2) is 6.54. The zero-order chi connectivity index (χ0) is 17.1. The average molecular weight is 346 g/mol. The number of imide groups is 1. The monoisotopic (exact) mass is 346 g/mol. The number of furan rings is 1. The number of hydrogen-bond donors (Lipinski definition) is 1. The molecule has 1 saturated heterocycles. The SMILES string of the molecule is O=C1CN(/N=C/c2ccc(Sc3ccc([N+](=O)[O-])cc3)o2)C(=O)N1. The predicted octanol–water partition coefficient (Wildman–Crippen LogP) is 2.22. The number of nitrogens with one attached hydrogen (secondary N) is 1. The van der Waals surface area contributed by atoms with Crippen molar-refractivity contribution in [1.82, 2.24) is 10.3 Å². The van der Waals surface area contributed by atoms with Gasteiger partial charge in [-0.25, -0.2) is 9.80 Å². The summed E-state index contributed by atoms with van der Waals surface area (Å²) in [6.45, 7) is -0.125. The Kier molecular flexibility index (Phi) is 4.29. The van der Waals surface area contributed by atoms with Gasteiger partial charge in [0.25, 0.3) is 5.69 Å². The van der Waals surface area contributed by atoms with Crippen LogP contribution in [0.5, 0.6) is 0 Å². The van der Waals surface area contributed by atoms with Gasteiger partial charge in [0.2, 0.25) is 5.91 Å². The maximum Gasteiger partial charge on any atom is 0.344 e. The van der Waals surface area contributed by atoms with Gasteiger partial charge in [0.15, 0.2) is 5.09 Å². The Bertz CT molecular complexity index is 830. The van der Waals surface area contributed by atoms with E-state index in [0.717, 1.165) is 9.90 Å². The number of nitrogens with zero attached hydrogens (tertiary/aromatic N) is 3. The van der Waals surface area contributed by atoms with Gasteiger partial charge in [-0.05, 0) is 24.3 Å². The second-order valence-corrected chi connectivity index (χ2v) is 5.74. The standard InChI is InChI=1S/C14H10N4O5S/c19-12-8-17(14(20)16-12)15-7-10-3-6-13(23-10)24-11-4-1-9(2-5-11)18(21)22/h1-7H,8H2,(H,16,19,20)/b15-7+. The minimum Gasteiger partial charge on any atom is -0.448 e. The van der Waals surface area contributed by atoms with Crippen LogP contribution in [-0.4, -0.2) is 34.6 Å². The van der Waals surface area contributed by atoms with Gasteiger partial charge < -0.3 is 4.42 Å². The van der Waals surface area contributed by atoms with Crippen molar-refractivity contribution >= 4 is 35.6 Å². The van der Waals surface area contributed by atoms with E-state index in [0.29, 0.717) is 10.9 Å². The summed E-state index contributed by atoms with van der Waals surface area (Å²) in [4.78, 5) is 33.3. The molecule has 0 atom stereocenters. The minimum absolute atomic E-state index is 0.0186. The highest BCUT2D eigenvalue weighted by Crippen LogP contribution is 2.30. The number of hydrogen-bond acceptors (Lipinski definition) is 7. The van der Waals surface area contributed by atoms with Gasteiger partial charge in [0.05, 0.1) is 11.1 Å². The molecule has 1 aliphatic heterocycles. The first-order valence-electron chi connectivity index (χ1n) is 6.69. The van der Waals surface area contributed by atoms with Crippen LogP contribution in [0.25, 0.3) is 0 Å². The summed E-state index contributed by atoms with van der Waals surface area (Å²) in [5, 5.41) is 18.1. The summed E-state index contributed by atoms with van der Waals surface area (Å²) in [5.74, 6) is -0.00225. The lowest BCUT2D eigenvalue weighted by Gasteiger charge is -2.02. The molecule has 1 aromatic carbocycles. The van der Waals surface area contributed by atoms with E-state index in [1.54, 1.807) is 24.3 Å². The number of carbonyl (C=O) groups excluding carboxylic acids is 2. The fourth-order valence-corrected chi connectivity index (χ4v) is 2.64. The van der Waals surface area contributed by atoms with Crippen LogP contribution in [0.15, 0.2) is 55.9 Å².